The van der Waals surface area contributed by atoms with Gasteiger partial charge in [-0.3, -0.25) is 9.78 Å². The highest BCUT2D eigenvalue weighted by Gasteiger charge is 2.12. The van der Waals surface area contributed by atoms with E-state index in [2.05, 4.69) is 53.5 Å². The third kappa shape index (κ3) is 4.38. The first-order valence-electron chi connectivity index (χ1n) is 8.50. The molecule has 0 radical (unpaired) electrons. The first-order valence-corrected chi connectivity index (χ1v) is 8.50. The van der Waals surface area contributed by atoms with Gasteiger partial charge in [-0.1, -0.05) is 18.2 Å². The monoisotopic (exact) mass is 336 g/mol. The Morgan fingerprint density at radius 2 is 2.00 bits per heavy atom. The van der Waals surface area contributed by atoms with Crippen LogP contribution < -0.4 is 10.6 Å². The number of pyridine rings is 1. The second-order valence-electron chi connectivity index (χ2n) is 7.17. The van der Waals surface area contributed by atoms with Crippen LogP contribution in [0.15, 0.2) is 48.8 Å². The summed E-state index contributed by atoms with van der Waals surface area (Å²) in [6.07, 6.45) is 4.43. The van der Waals surface area contributed by atoms with Crippen LogP contribution in [0.2, 0.25) is 0 Å². The van der Waals surface area contributed by atoms with Crippen molar-refractivity contribution in [3.8, 4) is 0 Å². The van der Waals surface area contributed by atoms with Crippen LogP contribution in [-0.2, 0) is 6.42 Å². The number of aromatic amines is 1. The van der Waals surface area contributed by atoms with Crippen molar-refractivity contribution in [3.63, 3.8) is 0 Å². The summed E-state index contributed by atoms with van der Waals surface area (Å²) in [5.74, 6) is -0.155. The quantitative estimate of drug-likeness (QED) is 0.665. The maximum absolute atomic E-state index is 12.3. The molecule has 1 aromatic carbocycles. The van der Waals surface area contributed by atoms with Gasteiger partial charge in [0.05, 0.1) is 0 Å². The number of anilines is 1. The topological polar surface area (TPSA) is 69.8 Å². The Morgan fingerprint density at radius 3 is 2.80 bits per heavy atom. The SMILES string of the molecule is CC(C)(C)Nc1ccnc(C(=O)NCCc2c[nH]c3ccccc23)c1. The smallest absolute Gasteiger partial charge is 0.269 e. The van der Waals surface area contributed by atoms with E-state index in [1.54, 1.807) is 12.3 Å². The lowest BCUT2D eigenvalue weighted by molar-refractivity contribution is 0.0949. The van der Waals surface area contributed by atoms with Gasteiger partial charge in [-0.25, -0.2) is 0 Å². The van der Waals surface area contributed by atoms with Crippen molar-refractivity contribution in [1.82, 2.24) is 15.3 Å². The molecule has 3 N–H and O–H groups in total. The minimum atomic E-state index is -0.155. The Morgan fingerprint density at radius 1 is 1.20 bits per heavy atom. The number of H-pyrrole nitrogens is 1. The van der Waals surface area contributed by atoms with Gasteiger partial charge >= 0.3 is 0 Å². The Hall–Kier alpha value is -2.82. The van der Waals surface area contributed by atoms with Crippen LogP contribution in [0.1, 0.15) is 36.8 Å². The van der Waals surface area contributed by atoms with Crippen LogP contribution in [0.4, 0.5) is 5.69 Å². The summed E-state index contributed by atoms with van der Waals surface area (Å²) < 4.78 is 0. The number of hydrogen-bond acceptors (Lipinski definition) is 3. The molecule has 0 bridgehead atoms. The molecular weight excluding hydrogens is 312 g/mol. The molecule has 0 fully saturated rings. The number of fused-ring (bicyclic) bond motifs is 1. The van der Waals surface area contributed by atoms with E-state index in [9.17, 15) is 4.79 Å². The zero-order valence-corrected chi connectivity index (χ0v) is 14.9. The number of carbonyl (C=O) groups excluding carboxylic acids is 1. The molecule has 0 saturated heterocycles. The van der Waals surface area contributed by atoms with E-state index in [4.69, 9.17) is 0 Å². The Labute approximate surface area is 147 Å². The van der Waals surface area contributed by atoms with E-state index in [1.807, 2.05) is 24.4 Å². The second-order valence-corrected chi connectivity index (χ2v) is 7.17. The van der Waals surface area contributed by atoms with Crippen molar-refractivity contribution < 1.29 is 4.79 Å². The highest BCUT2D eigenvalue weighted by Crippen LogP contribution is 2.18. The minimum absolute atomic E-state index is 0.0650. The van der Waals surface area contributed by atoms with Gasteiger partial charge in [0.15, 0.2) is 0 Å². The molecule has 130 valence electrons. The van der Waals surface area contributed by atoms with Crippen molar-refractivity contribution in [3.05, 3.63) is 60.0 Å². The van der Waals surface area contributed by atoms with Crippen LogP contribution in [0.3, 0.4) is 0 Å². The lowest BCUT2D eigenvalue weighted by Gasteiger charge is -2.22. The predicted molar refractivity (Wildman–Crippen MR) is 102 cm³/mol. The van der Waals surface area contributed by atoms with E-state index in [0.29, 0.717) is 12.2 Å². The average Bonchev–Trinajstić information content (AvgIpc) is 2.97. The van der Waals surface area contributed by atoms with Gasteiger partial charge in [-0.2, -0.15) is 0 Å². The van der Waals surface area contributed by atoms with Gasteiger partial charge in [-0.15, -0.1) is 0 Å². The fourth-order valence-electron chi connectivity index (χ4n) is 2.81. The number of nitrogens with one attached hydrogen (secondary N) is 3. The molecule has 3 aromatic rings. The summed E-state index contributed by atoms with van der Waals surface area (Å²) in [6.45, 7) is 6.80. The zero-order valence-electron chi connectivity index (χ0n) is 14.9. The van der Waals surface area contributed by atoms with Crippen LogP contribution in [0, 0.1) is 0 Å². The molecule has 2 heterocycles. The Balaban J connectivity index is 1.60. The number of aromatic nitrogens is 2. The third-order valence-corrected chi connectivity index (χ3v) is 3.87. The molecule has 2 aromatic heterocycles. The largest absolute Gasteiger partial charge is 0.380 e. The van der Waals surface area contributed by atoms with E-state index in [0.717, 1.165) is 17.6 Å². The van der Waals surface area contributed by atoms with Gasteiger partial charge in [0.2, 0.25) is 0 Å². The van der Waals surface area contributed by atoms with Crippen molar-refractivity contribution in [1.29, 1.82) is 0 Å². The van der Waals surface area contributed by atoms with Gasteiger partial charge in [0.1, 0.15) is 5.69 Å². The standard InChI is InChI=1S/C20H24N4O/c1-20(2,3)24-15-9-11-21-18(12-15)19(25)22-10-8-14-13-23-17-7-5-4-6-16(14)17/h4-7,9,11-13,23H,8,10H2,1-3H3,(H,21,24)(H,22,25). The van der Waals surface area contributed by atoms with Gasteiger partial charge in [0, 0.05) is 41.1 Å². The normalized spacial score (nSPS) is 11.5. The summed E-state index contributed by atoms with van der Waals surface area (Å²) in [5, 5.41) is 7.50. The molecule has 1 amide bonds. The number of amides is 1. The maximum Gasteiger partial charge on any atom is 0.269 e. The number of para-hydroxylation sites is 1. The second kappa shape index (κ2) is 6.97. The fourth-order valence-corrected chi connectivity index (χ4v) is 2.81. The Bertz CT molecular complexity index is 877. The van der Waals surface area contributed by atoms with Crippen LogP contribution >= 0.6 is 0 Å². The highest BCUT2D eigenvalue weighted by molar-refractivity contribution is 5.93. The summed E-state index contributed by atoms with van der Waals surface area (Å²) in [5.41, 5.74) is 3.57. The number of carbonyl (C=O) groups is 1. The van der Waals surface area contributed by atoms with Gasteiger partial charge in [0.25, 0.3) is 5.91 Å². The molecule has 0 spiro atoms. The molecule has 0 atom stereocenters. The van der Waals surface area contributed by atoms with Crippen LogP contribution in [0.5, 0.6) is 0 Å². The fraction of sp³-hybridized carbons (Fsp3) is 0.300. The number of benzene rings is 1. The lowest BCUT2D eigenvalue weighted by atomic mass is 10.1. The van der Waals surface area contributed by atoms with E-state index in [1.165, 1.54) is 10.9 Å². The van der Waals surface area contributed by atoms with E-state index in [-0.39, 0.29) is 11.4 Å². The van der Waals surface area contributed by atoms with E-state index < -0.39 is 0 Å². The highest BCUT2D eigenvalue weighted by atomic mass is 16.1. The summed E-state index contributed by atoms with van der Waals surface area (Å²) in [4.78, 5) is 19.8. The van der Waals surface area contributed by atoms with E-state index >= 15 is 0 Å². The predicted octanol–water partition coefficient (Wildman–Crippen LogP) is 3.75. The molecular formula is C20H24N4O. The summed E-state index contributed by atoms with van der Waals surface area (Å²) in [7, 11) is 0. The van der Waals surface area contributed by atoms with Crippen molar-refractivity contribution >= 4 is 22.5 Å². The third-order valence-electron chi connectivity index (χ3n) is 3.87. The molecule has 25 heavy (non-hydrogen) atoms. The van der Waals surface area contributed by atoms with Crippen LogP contribution in [0.25, 0.3) is 10.9 Å². The van der Waals surface area contributed by atoms with Crippen molar-refractivity contribution in [2.24, 2.45) is 0 Å². The molecule has 3 rings (SSSR count). The summed E-state index contributed by atoms with van der Waals surface area (Å²) in [6, 6.07) is 11.8. The Kier molecular flexibility index (Phi) is 4.74. The first kappa shape index (κ1) is 17.0. The molecule has 0 unspecified atom stereocenters. The van der Waals surface area contributed by atoms with Gasteiger partial charge in [-0.05, 0) is 51.0 Å². The summed E-state index contributed by atoms with van der Waals surface area (Å²) >= 11 is 0. The average molecular weight is 336 g/mol. The molecule has 0 aliphatic rings. The molecule has 5 nitrogen and oxygen atoms in total. The number of nitrogens with zero attached hydrogens (tertiary/aromatic N) is 1. The maximum atomic E-state index is 12.3. The lowest BCUT2D eigenvalue weighted by Crippen LogP contribution is -2.28. The zero-order chi connectivity index (χ0) is 17.9. The van der Waals surface area contributed by atoms with Crippen LogP contribution in [-0.4, -0.2) is 28.0 Å². The number of hydrogen-bond donors (Lipinski definition) is 3. The molecule has 0 aliphatic heterocycles. The van der Waals surface area contributed by atoms with Gasteiger partial charge < -0.3 is 15.6 Å². The minimum Gasteiger partial charge on any atom is -0.380 e. The first-order chi connectivity index (χ1) is 11.9. The van der Waals surface area contributed by atoms with Crippen molar-refractivity contribution in [2.75, 3.05) is 11.9 Å². The molecule has 5 heteroatoms. The molecule has 0 aliphatic carbocycles. The number of rotatable bonds is 5. The van der Waals surface area contributed by atoms with Crippen molar-refractivity contribution in [2.45, 2.75) is 32.7 Å². The molecule has 0 saturated carbocycles.